The van der Waals surface area contributed by atoms with Crippen molar-refractivity contribution in [3.05, 3.63) is 23.8 Å². The van der Waals surface area contributed by atoms with Gasteiger partial charge in [-0.15, -0.1) is 0 Å². The van der Waals surface area contributed by atoms with Gasteiger partial charge < -0.3 is 21.3 Å². The van der Waals surface area contributed by atoms with Crippen LogP contribution in [0.1, 0.15) is 78.6 Å². The summed E-state index contributed by atoms with van der Waals surface area (Å²) in [5.74, 6) is -2.82. The molecule has 8 heteroatoms. The number of carbonyl (C=O) groups excluding carboxylic acids is 2. The van der Waals surface area contributed by atoms with E-state index in [1.165, 1.54) is 6.08 Å². The van der Waals surface area contributed by atoms with Gasteiger partial charge in [0, 0.05) is 12.5 Å². The number of primary amides is 1. The lowest BCUT2D eigenvalue weighted by atomic mass is 9.46. The lowest BCUT2D eigenvalue weighted by Gasteiger charge is -2.57. The quantitative estimate of drug-likeness (QED) is 0.289. The van der Waals surface area contributed by atoms with Crippen molar-refractivity contribution in [2.45, 2.75) is 84.6 Å². The van der Waals surface area contributed by atoms with Gasteiger partial charge >= 0.3 is 11.9 Å². The van der Waals surface area contributed by atoms with Crippen LogP contribution in [0.4, 0.5) is 0 Å². The number of amides is 2. The van der Waals surface area contributed by atoms with Crippen molar-refractivity contribution in [2.75, 3.05) is 0 Å². The molecule has 5 unspecified atom stereocenters. The van der Waals surface area contributed by atoms with Crippen molar-refractivity contribution in [2.24, 2.45) is 28.4 Å². The molecule has 2 fully saturated rings. The predicted octanol–water partition coefficient (Wildman–Crippen LogP) is 3.41. The third-order valence-corrected chi connectivity index (χ3v) is 8.01. The Hall–Kier alpha value is -2.64. The zero-order valence-corrected chi connectivity index (χ0v) is 20.0. The molecule has 0 radical (unpaired) electrons. The number of allylic oxidation sites excluding steroid dienone is 2. The Morgan fingerprint density at radius 3 is 2.45 bits per heavy atom. The molecule has 8 nitrogen and oxygen atoms in total. The minimum atomic E-state index is -1.22. The van der Waals surface area contributed by atoms with Crippen molar-refractivity contribution in [3.8, 4) is 0 Å². The molecule has 0 aliphatic heterocycles. The van der Waals surface area contributed by atoms with E-state index >= 15 is 0 Å². The lowest BCUT2D eigenvalue weighted by molar-refractivity contribution is -0.164. The fraction of sp³-hybridized carbons (Fsp3) is 0.680. The van der Waals surface area contributed by atoms with Crippen LogP contribution in [-0.2, 0) is 19.2 Å². The van der Waals surface area contributed by atoms with E-state index in [4.69, 9.17) is 5.73 Å². The van der Waals surface area contributed by atoms with Gasteiger partial charge in [0.1, 0.15) is 6.04 Å². The predicted molar refractivity (Wildman–Crippen MR) is 124 cm³/mol. The molecule has 2 saturated carbocycles. The maximum atomic E-state index is 12.3. The summed E-state index contributed by atoms with van der Waals surface area (Å²) in [6, 6.07) is -1.18. The Labute approximate surface area is 195 Å². The Morgan fingerprint density at radius 1 is 1.21 bits per heavy atom. The van der Waals surface area contributed by atoms with E-state index in [0.717, 1.165) is 43.3 Å². The van der Waals surface area contributed by atoms with Crippen molar-refractivity contribution >= 4 is 23.8 Å². The summed E-state index contributed by atoms with van der Waals surface area (Å²) < 4.78 is 0. The number of carbonyl (C=O) groups is 4. The zero-order chi connectivity index (χ0) is 25.0. The number of aliphatic carboxylic acids is 2. The van der Waals surface area contributed by atoms with Gasteiger partial charge in [0.2, 0.25) is 11.8 Å². The summed E-state index contributed by atoms with van der Waals surface area (Å²) in [6.07, 6.45) is 6.79. The molecule has 0 saturated heterocycles. The van der Waals surface area contributed by atoms with Gasteiger partial charge in [0.15, 0.2) is 0 Å². The second-order valence-electron chi connectivity index (χ2n) is 10.3. The summed E-state index contributed by atoms with van der Waals surface area (Å²) in [6.45, 7) is 10.2. The van der Waals surface area contributed by atoms with E-state index in [2.05, 4.69) is 18.8 Å². The average molecular weight is 463 g/mol. The third kappa shape index (κ3) is 6.03. The van der Waals surface area contributed by atoms with Crippen molar-refractivity contribution in [1.82, 2.24) is 5.32 Å². The molecule has 0 aromatic heterocycles. The summed E-state index contributed by atoms with van der Waals surface area (Å²) in [5.41, 5.74) is 6.15. The minimum Gasteiger partial charge on any atom is -0.481 e. The molecule has 0 bridgehead atoms. The van der Waals surface area contributed by atoms with Gasteiger partial charge in [-0.2, -0.15) is 0 Å². The summed E-state index contributed by atoms with van der Waals surface area (Å²) in [5, 5.41) is 21.6. The molecule has 184 valence electrons. The van der Waals surface area contributed by atoms with E-state index in [9.17, 15) is 29.4 Å². The zero-order valence-electron chi connectivity index (χ0n) is 20.0. The van der Waals surface area contributed by atoms with E-state index in [-0.39, 0.29) is 30.1 Å². The van der Waals surface area contributed by atoms with E-state index in [0.29, 0.717) is 12.8 Å². The first-order valence-corrected chi connectivity index (χ1v) is 11.7. The molecule has 2 aliphatic rings. The van der Waals surface area contributed by atoms with Gasteiger partial charge in [0.25, 0.3) is 0 Å². The highest BCUT2D eigenvalue weighted by Crippen LogP contribution is 2.62. The molecular formula is C25H38N2O6. The van der Waals surface area contributed by atoms with Crippen LogP contribution in [0.5, 0.6) is 0 Å². The number of carboxylic acid groups (broad SMARTS) is 2. The van der Waals surface area contributed by atoms with Crippen LogP contribution in [0.25, 0.3) is 0 Å². The number of hydrogen-bond donors (Lipinski definition) is 4. The summed E-state index contributed by atoms with van der Waals surface area (Å²) in [4.78, 5) is 46.7. The minimum absolute atomic E-state index is 0.0622. The summed E-state index contributed by atoms with van der Waals surface area (Å²) in [7, 11) is 0. The van der Waals surface area contributed by atoms with Crippen LogP contribution in [0, 0.1) is 22.7 Å². The molecule has 0 aromatic carbocycles. The third-order valence-electron chi connectivity index (χ3n) is 8.01. The molecule has 2 rings (SSSR count). The molecule has 2 amide bonds. The molecule has 5 atom stereocenters. The Kier molecular flexibility index (Phi) is 8.49. The fourth-order valence-corrected chi connectivity index (χ4v) is 6.16. The van der Waals surface area contributed by atoms with Crippen LogP contribution < -0.4 is 11.1 Å². The molecule has 0 heterocycles. The SMILES string of the molecule is C=C1CCC2C(C)(C(=O)O)CCCC2(C)C1CC/C(C)=C/C(=O)NC(CCC(N)=O)C(=O)O. The average Bonchev–Trinajstić information content (AvgIpc) is 2.69. The van der Waals surface area contributed by atoms with Crippen LogP contribution in [-0.4, -0.2) is 40.0 Å². The smallest absolute Gasteiger partial charge is 0.326 e. The maximum Gasteiger partial charge on any atom is 0.326 e. The van der Waals surface area contributed by atoms with Crippen molar-refractivity contribution < 1.29 is 29.4 Å². The Balaban J connectivity index is 2.07. The number of rotatable bonds is 10. The van der Waals surface area contributed by atoms with Crippen LogP contribution >= 0.6 is 0 Å². The van der Waals surface area contributed by atoms with Gasteiger partial charge in [-0.3, -0.25) is 14.4 Å². The fourth-order valence-electron chi connectivity index (χ4n) is 6.16. The van der Waals surface area contributed by atoms with E-state index < -0.39 is 35.2 Å². The number of nitrogens with two attached hydrogens (primary N) is 1. The standard InChI is InChI=1S/C25H38N2O6/c1-15(14-21(29)27-18(22(30)31)9-11-20(26)28)6-8-17-16(2)7-10-19-24(17,3)12-5-13-25(19,4)23(32)33/h14,17-19H,2,5-13H2,1,3-4H3,(H2,26,28)(H,27,29)(H,30,31)(H,32,33)/b15-14+. The van der Waals surface area contributed by atoms with Gasteiger partial charge in [0.05, 0.1) is 5.41 Å². The molecular weight excluding hydrogens is 424 g/mol. The second kappa shape index (κ2) is 10.5. The highest BCUT2D eigenvalue weighted by atomic mass is 16.4. The molecule has 33 heavy (non-hydrogen) atoms. The number of nitrogens with one attached hydrogen (secondary N) is 1. The van der Waals surface area contributed by atoms with Crippen molar-refractivity contribution in [1.29, 1.82) is 0 Å². The molecule has 0 aromatic rings. The van der Waals surface area contributed by atoms with Gasteiger partial charge in [-0.05, 0) is 76.0 Å². The highest BCUT2D eigenvalue weighted by molar-refractivity contribution is 5.91. The first-order chi connectivity index (χ1) is 15.3. The lowest BCUT2D eigenvalue weighted by Crippen LogP contribution is -2.53. The summed E-state index contributed by atoms with van der Waals surface area (Å²) >= 11 is 0. The van der Waals surface area contributed by atoms with Crippen LogP contribution in [0.2, 0.25) is 0 Å². The normalized spacial score (nSPS) is 30.8. The Morgan fingerprint density at radius 2 is 1.88 bits per heavy atom. The van der Waals surface area contributed by atoms with E-state index in [1.54, 1.807) is 0 Å². The Bertz CT molecular complexity index is 850. The number of hydrogen-bond acceptors (Lipinski definition) is 4. The highest BCUT2D eigenvalue weighted by Gasteiger charge is 2.57. The number of fused-ring (bicyclic) bond motifs is 1. The number of carboxylic acids is 2. The van der Waals surface area contributed by atoms with Crippen LogP contribution in [0.3, 0.4) is 0 Å². The first-order valence-electron chi connectivity index (χ1n) is 11.7. The van der Waals surface area contributed by atoms with Gasteiger partial charge in [-0.25, -0.2) is 4.79 Å². The van der Waals surface area contributed by atoms with Crippen LogP contribution in [0.15, 0.2) is 23.8 Å². The molecule has 0 spiro atoms. The monoisotopic (exact) mass is 462 g/mol. The second-order valence-corrected chi connectivity index (χ2v) is 10.3. The maximum absolute atomic E-state index is 12.3. The largest absolute Gasteiger partial charge is 0.481 e. The topological polar surface area (TPSA) is 147 Å². The van der Waals surface area contributed by atoms with Crippen molar-refractivity contribution in [3.63, 3.8) is 0 Å². The first kappa shape index (κ1) is 26.6. The van der Waals surface area contributed by atoms with E-state index in [1.807, 2.05) is 13.8 Å². The van der Waals surface area contributed by atoms with Gasteiger partial charge in [-0.1, -0.05) is 31.1 Å². The molecule has 2 aliphatic carbocycles. The molecule has 5 N–H and O–H groups in total.